The van der Waals surface area contributed by atoms with Gasteiger partial charge in [0.2, 0.25) is 11.8 Å². The second-order valence-electron chi connectivity index (χ2n) is 9.84. The average Bonchev–Trinajstić information content (AvgIpc) is 2.96. The van der Waals surface area contributed by atoms with Crippen molar-refractivity contribution in [3.63, 3.8) is 0 Å². The second-order valence-corrected chi connectivity index (χ2v) is 9.84. The van der Waals surface area contributed by atoms with Crippen LogP contribution in [0.5, 0.6) is 0 Å². The maximum atomic E-state index is 12.3. The molecule has 0 bridgehead atoms. The SMILES string of the molecule is CC/C=C\C/C=C\C/C=C\C/C=C\C/C=C\C/C=C\CCC(=O)NC1CCC(CNC(=O)C=CC(=O)OC)CC1. The number of methoxy groups -OCH3 is 1. The highest BCUT2D eigenvalue weighted by molar-refractivity contribution is 5.94. The van der Waals surface area contributed by atoms with Gasteiger partial charge < -0.3 is 15.4 Å². The lowest BCUT2D eigenvalue weighted by molar-refractivity contribution is -0.135. The number of rotatable bonds is 19. The molecule has 0 spiro atoms. The molecule has 1 aliphatic rings. The summed E-state index contributed by atoms with van der Waals surface area (Å²) in [5.74, 6) is -0.353. The van der Waals surface area contributed by atoms with Crippen LogP contribution in [0.2, 0.25) is 0 Å². The Hall–Kier alpha value is -3.41. The van der Waals surface area contributed by atoms with Crippen LogP contribution in [-0.2, 0) is 19.1 Å². The van der Waals surface area contributed by atoms with Crippen LogP contribution in [0.25, 0.3) is 0 Å². The average molecular weight is 551 g/mol. The van der Waals surface area contributed by atoms with Crippen LogP contribution < -0.4 is 10.6 Å². The molecule has 0 unspecified atom stereocenters. The van der Waals surface area contributed by atoms with Crippen molar-refractivity contribution in [3.8, 4) is 0 Å². The third-order valence-electron chi connectivity index (χ3n) is 6.48. The summed E-state index contributed by atoms with van der Waals surface area (Å²) in [4.78, 5) is 35.0. The van der Waals surface area contributed by atoms with Gasteiger partial charge in [-0.1, -0.05) is 79.8 Å². The number of nitrogens with one attached hydrogen (secondary N) is 2. The van der Waals surface area contributed by atoms with Crippen molar-refractivity contribution in [3.05, 3.63) is 85.1 Å². The molecular formula is C34H50N2O4. The quantitative estimate of drug-likeness (QED) is 0.103. The summed E-state index contributed by atoms with van der Waals surface area (Å²) in [5, 5.41) is 5.97. The molecule has 2 N–H and O–H groups in total. The van der Waals surface area contributed by atoms with E-state index >= 15 is 0 Å². The number of ether oxygens (including phenoxy) is 1. The van der Waals surface area contributed by atoms with Crippen LogP contribution in [0.4, 0.5) is 0 Å². The van der Waals surface area contributed by atoms with Gasteiger partial charge >= 0.3 is 5.97 Å². The minimum atomic E-state index is -0.549. The van der Waals surface area contributed by atoms with E-state index in [0.29, 0.717) is 18.9 Å². The number of esters is 1. The van der Waals surface area contributed by atoms with E-state index in [4.69, 9.17) is 0 Å². The summed E-state index contributed by atoms with van der Waals surface area (Å²) in [6, 6.07) is 0.212. The Kier molecular flexibility index (Phi) is 21.3. The number of hydrogen-bond acceptors (Lipinski definition) is 4. The van der Waals surface area contributed by atoms with Crippen LogP contribution in [0, 0.1) is 5.92 Å². The fourth-order valence-corrected chi connectivity index (χ4v) is 4.18. The molecule has 0 saturated heterocycles. The van der Waals surface area contributed by atoms with Crippen LogP contribution in [0.1, 0.15) is 84.0 Å². The van der Waals surface area contributed by atoms with Crippen molar-refractivity contribution < 1.29 is 19.1 Å². The lowest BCUT2D eigenvalue weighted by Crippen LogP contribution is -2.39. The van der Waals surface area contributed by atoms with Crippen LogP contribution in [0.3, 0.4) is 0 Å². The van der Waals surface area contributed by atoms with Crippen LogP contribution in [0.15, 0.2) is 85.1 Å². The molecule has 1 saturated carbocycles. The number of carbonyl (C=O) groups is 3. The Balaban J connectivity index is 2.03. The van der Waals surface area contributed by atoms with E-state index in [-0.39, 0.29) is 17.9 Å². The standard InChI is InChI=1S/C34H50N2O4/c1-3-4-5-6-7-8-9-10-11-12-13-14-15-16-17-18-19-20-21-22-33(38)36-31-25-23-30(24-26-31)29-35-32(37)27-28-34(39)40-2/h4-5,7-8,10-11,13-14,16-17,19-20,27-28,30-31H,3,6,9,12,15,18,21-26,29H2,1-2H3,(H,35,37)(H,36,38)/b5-4-,8-7-,11-10-,14-13-,17-16-,20-19-,28-27?. The predicted molar refractivity (Wildman–Crippen MR) is 166 cm³/mol. The molecule has 220 valence electrons. The molecule has 0 aromatic rings. The van der Waals surface area contributed by atoms with Gasteiger partial charge in [-0.05, 0) is 76.5 Å². The van der Waals surface area contributed by atoms with Crippen LogP contribution in [-0.4, -0.2) is 37.5 Å². The molecule has 0 heterocycles. The Bertz CT molecular complexity index is 916. The first-order valence-corrected chi connectivity index (χ1v) is 14.8. The van der Waals surface area contributed by atoms with Gasteiger partial charge in [-0.2, -0.15) is 0 Å². The van der Waals surface area contributed by atoms with E-state index in [2.05, 4.69) is 95.2 Å². The van der Waals surface area contributed by atoms with Crippen molar-refractivity contribution in [2.24, 2.45) is 5.92 Å². The molecule has 40 heavy (non-hydrogen) atoms. The van der Waals surface area contributed by atoms with Crippen molar-refractivity contribution >= 4 is 17.8 Å². The smallest absolute Gasteiger partial charge is 0.330 e. The van der Waals surface area contributed by atoms with Gasteiger partial charge in [-0.3, -0.25) is 9.59 Å². The van der Waals surface area contributed by atoms with Crippen molar-refractivity contribution in [1.82, 2.24) is 10.6 Å². The fourth-order valence-electron chi connectivity index (χ4n) is 4.18. The second kappa shape index (κ2) is 24.6. The lowest BCUT2D eigenvalue weighted by Gasteiger charge is -2.29. The normalized spacial score (nSPS) is 18.4. The molecule has 0 aliphatic heterocycles. The zero-order chi connectivity index (χ0) is 29.1. The van der Waals surface area contributed by atoms with E-state index in [0.717, 1.165) is 76.7 Å². The first-order valence-electron chi connectivity index (χ1n) is 14.8. The molecule has 1 rings (SSSR count). The first kappa shape index (κ1) is 34.6. The van der Waals surface area contributed by atoms with Gasteiger partial charge in [-0.25, -0.2) is 4.79 Å². The predicted octanol–water partition coefficient (Wildman–Crippen LogP) is 6.98. The van der Waals surface area contributed by atoms with E-state index in [1.807, 2.05) is 0 Å². The van der Waals surface area contributed by atoms with Crippen molar-refractivity contribution in [2.45, 2.75) is 90.0 Å². The monoisotopic (exact) mass is 550 g/mol. The topological polar surface area (TPSA) is 84.5 Å². The number of hydrogen-bond donors (Lipinski definition) is 2. The third-order valence-corrected chi connectivity index (χ3v) is 6.48. The summed E-state index contributed by atoms with van der Waals surface area (Å²) in [7, 11) is 1.27. The van der Waals surface area contributed by atoms with Gasteiger partial charge in [0.25, 0.3) is 0 Å². The minimum absolute atomic E-state index is 0.101. The van der Waals surface area contributed by atoms with E-state index in [1.54, 1.807) is 0 Å². The van der Waals surface area contributed by atoms with Gasteiger partial charge in [0.05, 0.1) is 7.11 Å². The highest BCUT2D eigenvalue weighted by atomic mass is 16.5. The van der Waals surface area contributed by atoms with E-state index in [1.165, 1.54) is 13.2 Å². The zero-order valence-corrected chi connectivity index (χ0v) is 24.6. The zero-order valence-electron chi connectivity index (χ0n) is 24.6. The lowest BCUT2D eigenvalue weighted by atomic mass is 9.86. The van der Waals surface area contributed by atoms with Crippen molar-refractivity contribution in [1.29, 1.82) is 0 Å². The molecule has 2 amide bonds. The summed E-state index contributed by atoms with van der Waals surface area (Å²) < 4.78 is 4.47. The van der Waals surface area contributed by atoms with Crippen LogP contribution >= 0.6 is 0 Å². The van der Waals surface area contributed by atoms with Gasteiger partial charge in [0, 0.05) is 31.2 Å². The molecular weight excluding hydrogens is 500 g/mol. The number of amides is 2. The fraction of sp³-hybridized carbons (Fsp3) is 0.500. The Morgan fingerprint density at radius 3 is 1.70 bits per heavy atom. The largest absolute Gasteiger partial charge is 0.466 e. The van der Waals surface area contributed by atoms with E-state index < -0.39 is 5.97 Å². The maximum Gasteiger partial charge on any atom is 0.330 e. The molecule has 0 aromatic heterocycles. The molecule has 6 nitrogen and oxygen atoms in total. The first-order chi connectivity index (χ1) is 19.5. The number of carbonyl (C=O) groups excluding carboxylic acids is 3. The van der Waals surface area contributed by atoms with Gasteiger partial charge in [0.1, 0.15) is 0 Å². The Morgan fingerprint density at radius 1 is 0.700 bits per heavy atom. The molecule has 1 fully saturated rings. The molecule has 0 aromatic carbocycles. The summed E-state index contributed by atoms with van der Waals surface area (Å²) in [5.41, 5.74) is 0. The number of allylic oxidation sites excluding steroid dienone is 12. The summed E-state index contributed by atoms with van der Waals surface area (Å²) in [6.45, 7) is 2.73. The van der Waals surface area contributed by atoms with Gasteiger partial charge in [-0.15, -0.1) is 0 Å². The highest BCUT2D eigenvalue weighted by Gasteiger charge is 2.22. The minimum Gasteiger partial charge on any atom is -0.466 e. The molecule has 6 heteroatoms. The highest BCUT2D eigenvalue weighted by Crippen LogP contribution is 2.23. The molecule has 1 aliphatic carbocycles. The molecule has 0 radical (unpaired) electrons. The summed E-state index contributed by atoms with van der Waals surface area (Å²) >= 11 is 0. The van der Waals surface area contributed by atoms with Gasteiger partial charge in [0.15, 0.2) is 0 Å². The Labute approximate surface area is 242 Å². The summed E-state index contributed by atoms with van der Waals surface area (Å²) in [6.07, 6.45) is 39.3. The maximum absolute atomic E-state index is 12.3. The Morgan fingerprint density at radius 2 is 1.20 bits per heavy atom. The van der Waals surface area contributed by atoms with E-state index in [9.17, 15) is 14.4 Å². The third kappa shape index (κ3) is 20.5. The van der Waals surface area contributed by atoms with Crippen molar-refractivity contribution in [2.75, 3.05) is 13.7 Å². The molecule has 0 atom stereocenters.